The second-order valence-corrected chi connectivity index (χ2v) is 5.39. The van der Waals surface area contributed by atoms with E-state index in [1.807, 2.05) is 5.38 Å². The number of hydrogen-bond donors (Lipinski definition) is 4. The fourth-order valence-corrected chi connectivity index (χ4v) is 2.74. The zero-order chi connectivity index (χ0) is 14.8. The summed E-state index contributed by atoms with van der Waals surface area (Å²) in [6, 6.07) is 0. The van der Waals surface area contributed by atoms with Gasteiger partial charge in [-0.25, -0.2) is 4.98 Å². The highest BCUT2D eigenvalue weighted by Gasteiger charge is 2.01. The number of nitrogens with zero attached hydrogens (tertiary/aromatic N) is 4. The van der Waals surface area contributed by atoms with Gasteiger partial charge in [0, 0.05) is 30.5 Å². The molecule has 0 saturated carbocycles. The van der Waals surface area contributed by atoms with Gasteiger partial charge in [-0.05, 0) is 0 Å². The quantitative estimate of drug-likeness (QED) is 0.252. The highest BCUT2D eigenvalue weighted by Crippen LogP contribution is 2.21. The number of halogens is 1. The predicted molar refractivity (Wildman–Crippen MR) is 91.1 cm³/mol. The van der Waals surface area contributed by atoms with E-state index in [0.717, 1.165) is 17.2 Å². The lowest BCUT2D eigenvalue weighted by molar-refractivity contribution is 0.917. The summed E-state index contributed by atoms with van der Waals surface area (Å²) in [6.45, 7) is 0.705. The third-order valence-electron chi connectivity index (χ3n) is 1.95. The van der Waals surface area contributed by atoms with Crippen molar-refractivity contribution in [1.82, 2.24) is 15.6 Å². The largest absolute Gasteiger partial charge is 0.370 e. The van der Waals surface area contributed by atoms with E-state index in [1.54, 1.807) is 25.0 Å². The summed E-state index contributed by atoms with van der Waals surface area (Å²) in [4.78, 5) is 11.7. The fourth-order valence-electron chi connectivity index (χ4n) is 1.18. The maximum atomic E-state index is 8.43. The van der Waals surface area contributed by atoms with Crippen molar-refractivity contribution in [3.63, 3.8) is 0 Å². The van der Waals surface area contributed by atoms with E-state index >= 15 is 0 Å². The van der Waals surface area contributed by atoms with Crippen LogP contribution in [0, 0.1) is 11.5 Å². The second-order valence-electron chi connectivity index (χ2n) is 3.45. The predicted octanol–water partition coefficient (Wildman–Crippen LogP) is 0.349. The Morgan fingerprint density at radius 1 is 1.57 bits per heavy atom. The van der Waals surface area contributed by atoms with Gasteiger partial charge in [0.2, 0.25) is 17.3 Å². The Labute approximate surface area is 137 Å². The van der Waals surface area contributed by atoms with E-state index in [-0.39, 0.29) is 18.4 Å². The lowest BCUT2D eigenvalue weighted by Gasteiger charge is -2.06. The van der Waals surface area contributed by atoms with Crippen LogP contribution in [0.3, 0.4) is 0 Å². The molecule has 0 unspecified atom stereocenters. The molecule has 1 heterocycles. The van der Waals surface area contributed by atoms with Crippen LogP contribution in [-0.4, -0.2) is 36.2 Å². The normalized spacial score (nSPS) is 10.2. The molecule has 0 aliphatic rings. The van der Waals surface area contributed by atoms with Crippen LogP contribution in [0.1, 0.15) is 5.69 Å². The number of hydrogen-bond acceptors (Lipinski definition) is 6. The molecule has 21 heavy (non-hydrogen) atoms. The van der Waals surface area contributed by atoms with Crippen molar-refractivity contribution >= 4 is 52.6 Å². The molecule has 116 valence electrons. The lowest BCUT2D eigenvalue weighted by Crippen LogP contribution is -2.35. The number of nitriles is 1. The molecule has 0 aromatic carbocycles. The van der Waals surface area contributed by atoms with E-state index in [0.29, 0.717) is 17.6 Å². The van der Waals surface area contributed by atoms with Crippen LogP contribution in [-0.2, 0) is 5.75 Å². The van der Waals surface area contributed by atoms with Crippen molar-refractivity contribution in [2.24, 2.45) is 21.5 Å². The third-order valence-corrected chi connectivity index (χ3v) is 3.73. The molecule has 8 nitrogen and oxygen atoms in total. The number of guanidine groups is 2. The van der Waals surface area contributed by atoms with Crippen LogP contribution in [0.4, 0.5) is 5.13 Å². The summed E-state index contributed by atoms with van der Waals surface area (Å²) in [5, 5.41) is 16.7. The first-order chi connectivity index (χ1) is 9.65. The molecule has 0 aliphatic carbocycles. The van der Waals surface area contributed by atoms with Gasteiger partial charge in [0.25, 0.3) is 0 Å². The summed E-state index contributed by atoms with van der Waals surface area (Å²) >= 11 is 3.12. The van der Waals surface area contributed by atoms with Gasteiger partial charge in [-0.15, -0.1) is 28.7 Å². The van der Waals surface area contributed by atoms with Crippen LogP contribution in [0.15, 0.2) is 15.4 Å². The molecule has 1 rings (SSSR count). The molecule has 0 spiro atoms. The Hall–Kier alpha value is -1.70. The van der Waals surface area contributed by atoms with Gasteiger partial charge < -0.3 is 22.1 Å². The highest BCUT2D eigenvalue weighted by molar-refractivity contribution is 7.98. The Morgan fingerprint density at radius 2 is 2.33 bits per heavy atom. The third kappa shape index (κ3) is 8.23. The molecule has 1 aromatic rings. The summed E-state index contributed by atoms with van der Waals surface area (Å²) in [6.07, 6.45) is 1.72. The summed E-state index contributed by atoms with van der Waals surface area (Å²) in [5.74, 6) is 2.12. The van der Waals surface area contributed by atoms with Gasteiger partial charge in [-0.1, -0.05) is 0 Å². The second kappa shape index (κ2) is 11.0. The van der Waals surface area contributed by atoms with Crippen molar-refractivity contribution < 1.29 is 0 Å². The lowest BCUT2D eigenvalue weighted by atomic mass is 10.6. The Bertz CT molecular complexity index is 517. The van der Waals surface area contributed by atoms with Gasteiger partial charge in [-0.2, -0.15) is 22.0 Å². The van der Waals surface area contributed by atoms with E-state index < -0.39 is 0 Å². The summed E-state index contributed by atoms with van der Waals surface area (Å²) in [7, 11) is 1.71. The average molecular weight is 349 g/mol. The Balaban J connectivity index is 0.00000400. The van der Waals surface area contributed by atoms with Gasteiger partial charge in [-0.3, -0.25) is 0 Å². The first-order valence-electron chi connectivity index (χ1n) is 5.66. The van der Waals surface area contributed by atoms with Gasteiger partial charge in [0.05, 0.1) is 5.69 Å². The van der Waals surface area contributed by atoms with Gasteiger partial charge >= 0.3 is 0 Å². The molecule has 0 amide bonds. The minimum atomic E-state index is 0. The molecule has 6 N–H and O–H groups in total. The van der Waals surface area contributed by atoms with Crippen molar-refractivity contribution in [2.45, 2.75) is 5.75 Å². The zero-order valence-electron chi connectivity index (χ0n) is 11.4. The maximum absolute atomic E-state index is 8.43. The zero-order valence-corrected chi connectivity index (χ0v) is 13.8. The fraction of sp³-hybridized carbons (Fsp3) is 0.400. The molecule has 0 bridgehead atoms. The van der Waals surface area contributed by atoms with Crippen LogP contribution in [0.25, 0.3) is 0 Å². The first-order valence-corrected chi connectivity index (χ1v) is 7.69. The average Bonchev–Trinajstić information content (AvgIpc) is 2.83. The summed E-state index contributed by atoms with van der Waals surface area (Å²) < 4.78 is 0. The Kier molecular flexibility index (Phi) is 10.1. The monoisotopic (exact) mass is 348 g/mol. The van der Waals surface area contributed by atoms with Gasteiger partial charge in [0.15, 0.2) is 5.96 Å². The SMILES string of the molecule is CN/C(=N\C#N)NCCSCc1csc(N=C(N)N)n1.Cl. The van der Waals surface area contributed by atoms with Crippen molar-refractivity contribution in [2.75, 3.05) is 19.3 Å². The maximum Gasteiger partial charge on any atom is 0.212 e. The van der Waals surface area contributed by atoms with Crippen LogP contribution in [0.5, 0.6) is 0 Å². The molecule has 0 fully saturated rings. The molecule has 0 aliphatic heterocycles. The molecule has 0 atom stereocenters. The van der Waals surface area contributed by atoms with Crippen LogP contribution >= 0.6 is 35.5 Å². The standard InChI is InChI=1S/C10H16N8S2.ClH/c1-14-9(16-6-11)15-2-3-19-4-7-5-20-10(17-7)18-8(12)13;/h5H,2-4H2,1H3,(H2,14,15,16)(H4,12,13,17,18);1H. The molecule has 1 aromatic heterocycles. The number of thioether (sulfide) groups is 1. The molecule has 0 saturated heterocycles. The number of nitrogens with two attached hydrogens (primary N) is 2. The topological polar surface area (TPSA) is 138 Å². The molecule has 11 heteroatoms. The molecule has 0 radical (unpaired) electrons. The number of thiazole rings is 1. The van der Waals surface area contributed by atoms with Gasteiger partial charge in [0.1, 0.15) is 0 Å². The highest BCUT2D eigenvalue weighted by atomic mass is 35.5. The van der Waals surface area contributed by atoms with Crippen molar-refractivity contribution in [3.8, 4) is 6.19 Å². The first kappa shape index (κ1) is 19.3. The van der Waals surface area contributed by atoms with Crippen LogP contribution in [0.2, 0.25) is 0 Å². The number of rotatable bonds is 6. The number of aromatic nitrogens is 1. The van der Waals surface area contributed by atoms with E-state index in [2.05, 4.69) is 25.6 Å². The minimum Gasteiger partial charge on any atom is -0.370 e. The van der Waals surface area contributed by atoms with E-state index in [1.165, 1.54) is 11.3 Å². The van der Waals surface area contributed by atoms with E-state index in [4.69, 9.17) is 16.7 Å². The van der Waals surface area contributed by atoms with Crippen molar-refractivity contribution in [3.05, 3.63) is 11.1 Å². The van der Waals surface area contributed by atoms with Crippen LogP contribution < -0.4 is 22.1 Å². The van der Waals surface area contributed by atoms with E-state index in [9.17, 15) is 0 Å². The number of aliphatic imine (C=N–C) groups is 2. The smallest absolute Gasteiger partial charge is 0.212 e. The Morgan fingerprint density at radius 3 is 2.95 bits per heavy atom. The molecular weight excluding hydrogens is 332 g/mol. The minimum absolute atomic E-state index is 0. The number of nitrogens with one attached hydrogen (secondary N) is 2. The molecular formula is C10H17ClN8S2. The van der Waals surface area contributed by atoms with Crippen molar-refractivity contribution in [1.29, 1.82) is 5.26 Å². The summed E-state index contributed by atoms with van der Waals surface area (Å²) in [5.41, 5.74) is 11.5.